The summed E-state index contributed by atoms with van der Waals surface area (Å²) in [4.78, 5) is 11.0. The normalized spacial score (nSPS) is 10.3. The molecule has 1 heterocycles. The maximum atomic E-state index is 11.0. The zero-order valence-electron chi connectivity index (χ0n) is 9.02. The van der Waals surface area contributed by atoms with E-state index in [0.717, 1.165) is 9.35 Å². The van der Waals surface area contributed by atoms with Crippen LogP contribution in [0.1, 0.15) is 15.9 Å². The van der Waals surface area contributed by atoms with Crippen molar-refractivity contribution in [1.82, 2.24) is 0 Å². The van der Waals surface area contributed by atoms with Gasteiger partial charge in [-0.1, -0.05) is 11.6 Å². The first-order valence-corrected chi connectivity index (χ1v) is 7.00. The van der Waals surface area contributed by atoms with Crippen molar-refractivity contribution in [3.8, 4) is 5.75 Å². The zero-order valence-corrected chi connectivity index (χ0v) is 12.2. The molecule has 0 radical (unpaired) electrons. The van der Waals surface area contributed by atoms with Crippen LogP contribution in [0.4, 0.5) is 0 Å². The third-order valence-electron chi connectivity index (χ3n) is 2.19. The topological polar surface area (TPSA) is 46.5 Å². The van der Waals surface area contributed by atoms with Crippen molar-refractivity contribution in [3.63, 3.8) is 0 Å². The number of benzene rings is 1. The summed E-state index contributed by atoms with van der Waals surface area (Å²) < 4.78 is 6.50. The number of thiophene rings is 1. The van der Waals surface area contributed by atoms with Crippen molar-refractivity contribution in [2.75, 3.05) is 0 Å². The first kappa shape index (κ1) is 13.4. The van der Waals surface area contributed by atoms with E-state index in [0.29, 0.717) is 11.6 Å². The lowest BCUT2D eigenvalue weighted by molar-refractivity contribution is 0.0692. The molecule has 0 fully saturated rings. The van der Waals surface area contributed by atoms with E-state index in [1.165, 1.54) is 18.2 Å². The Hall–Kier alpha value is -1.04. The molecule has 0 spiro atoms. The van der Waals surface area contributed by atoms with Crippen LogP contribution < -0.4 is 4.74 Å². The number of aromatic carboxylic acids is 1. The van der Waals surface area contributed by atoms with Gasteiger partial charge in [-0.25, -0.2) is 4.79 Å². The Balaban J connectivity index is 2.17. The highest BCUT2D eigenvalue weighted by molar-refractivity contribution is 9.11. The number of hydrogen-bond donors (Lipinski definition) is 1. The van der Waals surface area contributed by atoms with Crippen molar-refractivity contribution in [2.24, 2.45) is 0 Å². The second kappa shape index (κ2) is 5.73. The molecule has 1 aromatic carbocycles. The highest BCUT2D eigenvalue weighted by Gasteiger charge is 2.12. The first-order chi connectivity index (χ1) is 8.56. The minimum absolute atomic E-state index is 0.105. The minimum atomic E-state index is -1.03. The van der Waals surface area contributed by atoms with Gasteiger partial charge in [0.05, 0.1) is 3.79 Å². The van der Waals surface area contributed by atoms with Gasteiger partial charge in [0.25, 0.3) is 0 Å². The Morgan fingerprint density at radius 2 is 2.22 bits per heavy atom. The number of hydrogen-bond acceptors (Lipinski definition) is 3. The molecule has 18 heavy (non-hydrogen) atoms. The van der Waals surface area contributed by atoms with Crippen LogP contribution in [0, 0.1) is 0 Å². The average molecular weight is 348 g/mol. The van der Waals surface area contributed by atoms with Gasteiger partial charge in [-0.15, -0.1) is 11.3 Å². The van der Waals surface area contributed by atoms with E-state index < -0.39 is 5.97 Å². The molecule has 6 heteroatoms. The molecule has 94 valence electrons. The SMILES string of the molecule is O=C(O)c1ccc(Cl)cc1OCc1csc(Br)c1. The number of carbonyl (C=O) groups is 1. The fraction of sp³-hybridized carbons (Fsp3) is 0.0833. The van der Waals surface area contributed by atoms with Gasteiger partial charge < -0.3 is 9.84 Å². The van der Waals surface area contributed by atoms with Crippen LogP contribution in [-0.4, -0.2) is 11.1 Å². The molecule has 2 rings (SSSR count). The second-order valence-electron chi connectivity index (χ2n) is 3.49. The molecular formula is C12H8BrClO3S. The molecule has 0 atom stereocenters. The molecule has 0 bridgehead atoms. The third kappa shape index (κ3) is 3.25. The van der Waals surface area contributed by atoms with Crippen LogP contribution in [0.25, 0.3) is 0 Å². The fourth-order valence-electron chi connectivity index (χ4n) is 1.37. The second-order valence-corrected chi connectivity index (χ2v) is 6.22. The van der Waals surface area contributed by atoms with Gasteiger partial charge in [0, 0.05) is 10.6 Å². The van der Waals surface area contributed by atoms with E-state index in [1.54, 1.807) is 11.3 Å². The van der Waals surface area contributed by atoms with Crippen LogP contribution in [-0.2, 0) is 6.61 Å². The number of rotatable bonds is 4. The maximum Gasteiger partial charge on any atom is 0.339 e. The highest BCUT2D eigenvalue weighted by atomic mass is 79.9. The molecule has 0 amide bonds. The third-order valence-corrected chi connectivity index (χ3v) is 3.98. The number of carboxylic acid groups (broad SMARTS) is 1. The van der Waals surface area contributed by atoms with Crippen LogP contribution in [0.2, 0.25) is 5.02 Å². The van der Waals surface area contributed by atoms with E-state index in [2.05, 4.69) is 15.9 Å². The van der Waals surface area contributed by atoms with Crippen LogP contribution in [0.3, 0.4) is 0 Å². The zero-order chi connectivity index (χ0) is 13.1. The lowest BCUT2D eigenvalue weighted by Crippen LogP contribution is -2.02. The lowest BCUT2D eigenvalue weighted by atomic mass is 10.2. The van der Waals surface area contributed by atoms with Gasteiger partial charge in [0.2, 0.25) is 0 Å². The minimum Gasteiger partial charge on any atom is -0.488 e. The van der Waals surface area contributed by atoms with E-state index in [4.69, 9.17) is 21.4 Å². The molecule has 0 saturated heterocycles. The summed E-state index contributed by atoms with van der Waals surface area (Å²) in [6.45, 7) is 0.308. The van der Waals surface area contributed by atoms with Gasteiger partial charge in [-0.2, -0.15) is 0 Å². The summed E-state index contributed by atoms with van der Waals surface area (Å²) in [6.07, 6.45) is 0. The molecule has 2 aromatic rings. The quantitative estimate of drug-likeness (QED) is 0.889. The highest BCUT2D eigenvalue weighted by Crippen LogP contribution is 2.26. The summed E-state index contributed by atoms with van der Waals surface area (Å²) in [6, 6.07) is 6.39. The molecule has 0 saturated carbocycles. The molecule has 0 aliphatic heterocycles. The summed E-state index contributed by atoms with van der Waals surface area (Å²) in [5.41, 5.74) is 1.08. The molecule has 1 N–H and O–H groups in total. The van der Waals surface area contributed by atoms with Gasteiger partial charge in [0.15, 0.2) is 0 Å². The Morgan fingerprint density at radius 1 is 1.44 bits per heavy atom. The predicted molar refractivity (Wildman–Crippen MR) is 74.8 cm³/mol. The molecule has 0 aliphatic rings. The first-order valence-electron chi connectivity index (χ1n) is 4.95. The Kier molecular flexibility index (Phi) is 4.27. The van der Waals surface area contributed by atoms with Crippen molar-refractivity contribution >= 4 is 44.8 Å². The van der Waals surface area contributed by atoms with E-state index in [9.17, 15) is 4.79 Å². The van der Waals surface area contributed by atoms with Crippen LogP contribution in [0.15, 0.2) is 33.4 Å². The summed E-state index contributed by atoms with van der Waals surface area (Å²) in [5.74, 6) is -0.759. The van der Waals surface area contributed by atoms with Crippen molar-refractivity contribution in [1.29, 1.82) is 0 Å². The summed E-state index contributed by atoms with van der Waals surface area (Å²) in [5, 5.41) is 11.4. The predicted octanol–water partition coefficient (Wildman–Crippen LogP) is 4.44. The van der Waals surface area contributed by atoms with Gasteiger partial charge in [-0.3, -0.25) is 0 Å². The Morgan fingerprint density at radius 3 is 2.83 bits per heavy atom. The smallest absolute Gasteiger partial charge is 0.339 e. The number of carboxylic acids is 1. The molecular weight excluding hydrogens is 340 g/mol. The summed E-state index contributed by atoms with van der Waals surface area (Å²) in [7, 11) is 0. The lowest BCUT2D eigenvalue weighted by Gasteiger charge is -2.08. The number of ether oxygens (including phenoxy) is 1. The Bertz CT molecular complexity index is 582. The van der Waals surface area contributed by atoms with Crippen molar-refractivity contribution in [2.45, 2.75) is 6.61 Å². The molecule has 3 nitrogen and oxygen atoms in total. The van der Waals surface area contributed by atoms with E-state index in [-0.39, 0.29) is 11.3 Å². The monoisotopic (exact) mass is 346 g/mol. The van der Waals surface area contributed by atoms with E-state index in [1.807, 2.05) is 11.4 Å². The van der Waals surface area contributed by atoms with E-state index >= 15 is 0 Å². The van der Waals surface area contributed by atoms with Crippen molar-refractivity contribution in [3.05, 3.63) is 49.6 Å². The maximum absolute atomic E-state index is 11.0. The van der Waals surface area contributed by atoms with Crippen LogP contribution in [0.5, 0.6) is 5.75 Å². The molecule has 1 aromatic heterocycles. The fourth-order valence-corrected chi connectivity index (χ4v) is 2.73. The van der Waals surface area contributed by atoms with Gasteiger partial charge >= 0.3 is 5.97 Å². The van der Waals surface area contributed by atoms with Gasteiger partial charge in [-0.05, 0) is 45.6 Å². The standard InChI is InChI=1S/C12H8BrClO3S/c13-11-3-7(6-18-11)5-17-10-4-8(14)1-2-9(10)12(15)16/h1-4,6H,5H2,(H,15,16). The molecule has 0 unspecified atom stereocenters. The average Bonchev–Trinajstić information content (AvgIpc) is 2.72. The molecule has 0 aliphatic carbocycles. The Labute approximate surface area is 121 Å². The van der Waals surface area contributed by atoms with Crippen LogP contribution >= 0.6 is 38.9 Å². The largest absolute Gasteiger partial charge is 0.488 e. The van der Waals surface area contributed by atoms with Gasteiger partial charge in [0.1, 0.15) is 17.9 Å². The number of halogens is 2. The summed E-state index contributed by atoms with van der Waals surface area (Å²) >= 11 is 10.7. The van der Waals surface area contributed by atoms with Crippen molar-refractivity contribution < 1.29 is 14.6 Å².